The first-order valence-electron chi connectivity index (χ1n) is 9.52. The first kappa shape index (κ1) is 18.7. The van der Waals surface area contributed by atoms with Crippen molar-refractivity contribution in [3.63, 3.8) is 0 Å². The maximum atomic E-state index is 9.36. The van der Waals surface area contributed by atoms with Crippen molar-refractivity contribution in [2.24, 2.45) is 7.05 Å². The van der Waals surface area contributed by atoms with E-state index in [1.54, 1.807) is 10.9 Å². The van der Waals surface area contributed by atoms with E-state index in [1.807, 2.05) is 49.5 Å². The Kier molecular flexibility index (Phi) is 4.69. The van der Waals surface area contributed by atoms with Crippen LogP contribution in [0.25, 0.3) is 22.2 Å². The zero-order valence-corrected chi connectivity index (χ0v) is 17.0. The number of aliphatic hydroxyl groups excluding tert-OH is 1. The maximum Gasteiger partial charge on any atom is 0.179 e. The molecular weight excluding hydrogens is 404 g/mol. The van der Waals surface area contributed by atoms with Gasteiger partial charge in [0.1, 0.15) is 18.7 Å². The first-order chi connectivity index (χ1) is 14.6. The molecule has 2 aromatic carbocycles. The molecule has 0 aliphatic carbocycles. The Bertz CT molecular complexity index is 1250. The van der Waals surface area contributed by atoms with Crippen molar-refractivity contribution in [1.82, 2.24) is 14.8 Å². The molecule has 0 amide bonds. The van der Waals surface area contributed by atoms with Crippen LogP contribution < -0.4 is 14.8 Å². The molecule has 1 aliphatic rings. The molecule has 0 saturated carbocycles. The molecule has 5 rings (SSSR count). The van der Waals surface area contributed by atoms with E-state index in [2.05, 4.69) is 15.4 Å². The van der Waals surface area contributed by atoms with Crippen molar-refractivity contribution in [3.05, 3.63) is 59.2 Å². The Hall–Kier alpha value is -3.29. The fourth-order valence-corrected chi connectivity index (χ4v) is 3.82. The highest BCUT2D eigenvalue weighted by Gasteiger charge is 2.17. The van der Waals surface area contributed by atoms with E-state index < -0.39 is 0 Å². The number of anilines is 2. The lowest BCUT2D eigenvalue weighted by Crippen LogP contribution is -2.15. The Morgan fingerprint density at radius 1 is 1.13 bits per heavy atom. The van der Waals surface area contributed by atoms with E-state index in [-0.39, 0.29) is 6.61 Å². The van der Waals surface area contributed by atoms with Crippen LogP contribution >= 0.6 is 11.6 Å². The van der Waals surface area contributed by atoms with Gasteiger partial charge in [-0.15, -0.1) is 0 Å². The van der Waals surface area contributed by atoms with Crippen molar-refractivity contribution in [2.45, 2.75) is 6.61 Å². The van der Waals surface area contributed by atoms with Crippen LogP contribution in [0.5, 0.6) is 11.5 Å². The summed E-state index contributed by atoms with van der Waals surface area (Å²) in [5, 5.41) is 17.8. The van der Waals surface area contributed by atoms with Crippen LogP contribution in [0.3, 0.4) is 0 Å². The summed E-state index contributed by atoms with van der Waals surface area (Å²) >= 11 is 6.76. The van der Waals surface area contributed by atoms with Gasteiger partial charge >= 0.3 is 0 Å². The summed E-state index contributed by atoms with van der Waals surface area (Å²) in [6.07, 6.45) is 1.64. The Balaban J connectivity index is 1.52. The van der Waals surface area contributed by atoms with Gasteiger partial charge in [-0.25, -0.2) is 0 Å². The van der Waals surface area contributed by atoms with Crippen molar-refractivity contribution >= 4 is 34.1 Å². The second-order valence-corrected chi connectivity index (χ2v) is 7.37. The van der Waals surface area contributed by atoms with E-state index in [9.17, 15) is 5.11 Å². The number of aliphatic hydroxyl groups is 1. The number of aryl methyl sites for hydroxylation is 1. The monoisotopic (exact) mass is 422 g/mol. The van der Waals surface area contributed by atoms with Crippen LogP contribution in [-0.2, 0) is 13.7 Å². The fraction of sp³-hybridized carbons (Fsp3) is 0.182. The molecule has 0 unspecified atom stereocenters. The second-order valence-electron chi connectivity index (χ2n) is 6.99. The Morgan fingerprint density at radius 2 is 1.97 bits per heavy atom. The van der Waals surface area contributed by atoms with Gasteiger partial charge in [0.05, 0.1) is 22.8 Å². The predicted molar refractivity (Wildman–Crippen MR) is 116 cm³/mol. The molecule has 3 heterocycles. The summed E-state index contributed by atoms with van der Waals surface area (Å²) in [6, 6.07) is 13.5. The molecule has 0 atom stereocenters. The SMILES string of the molecule is Cn1nc(Nc2cccc(-c3ccc4c(c3)OCCO4)c2Cl)c2ncc(CO)cc21. The summed E-state index contributed by atoms with van der Waals surface area (Å²) in [7, 11) is 1.84. The summed E-state index contributed by atoms with van der Waals surface area (Å²) in [4.78, 5) is 4.45. The number of halogens is 1. The van der Waals surface area contributed by atoms with Gasteiger partial charge in [0, 0.05) is 18.8 Å². The highest BCUT2D eigenvalue weighted by Crippen LogP contribution is 2.40. The van der Waals surface area contributed by atoms with Crippen LogP contribution in [0, 0.1) is 0 Å². The zero-order valence-electron chi connectivity index (χ0n) is 16.2. The minimum absolute atomic E-state index is 0.0692. The number of fused-ring (bicyclic) bond motifs is 2. The quantitative estimate of drug-likeness (QED) is 0.510. The van der Waals surface area contributed by atoms with Gasteiger partial charge in [0.15, 0.2) is 17.3 Å². The number of aromatic nitrogens is 3. The lowest BCUT2D eigenvalue weighted by Gasteiger charge is -2.19. The van der Waals surface area contributed by atoms with E-state index in [0.717, 1.165) is 33.6 Å². The average molecular weight is 423 g/mol. The van der Waals surface area contributed by atoms with Crippen LogP contribution in [0.4, 0.5) is 11.5 Å². The molecule has 0 radical (unpaired) electrons. The number of hydrogen-bond acceptors (Lipinski definition) is 6. The van der Waals surface area contributed by atoms with E-state index in [1.165, 1.54) is 0 Å². The molecule has 152 valence electrons. The number of ether oxygens (including phenoxy) is 2. The molecule has 0 spiro atoms. The number of rotatable bonds is 4. The minimum Gasteiger partial charge on any atom is -0.486 e. The van der Waals surface area contributed by atoms with E-state index in [4.69, 9.17) is 21.1 Å². The predicted octanol–water partition coefficient (Wildman–Crippen LogP) is 4.30. The molecule has 30 heavy (non-hydrogen) atoms. The topological polar surface area (TPSA) is 81.4 Å². The highest BCUT2D eigenvalue weighted by molar-refractivity contribution is 6.36. The minimum atomic E-state index is -0.0692. The highest BCUT2D eigenvalue weighted by atomic mass is 35.5. The zero-order chi connectivity index (χ0) is 20.7. The van der Waals surface area contributed by atoms with Gasteiger partial charge in [-0.2, -0.15) is 5.10 Å². The molecule has 4 aromatic rings. The van der Waals surface area contributed by atoms with Gasteiger partial charge in [0.2, 0.25) is 0 Å². The first-order valence-corrected chi connectivity index (χ1v) is 9.90. The fourth-order valence-electron chi connectivity index (χ4n) is 3.54. The molecule has 0 bridgehead atoms. The molecule has 1 aliphatic heterocycles. The van der Waals surface area contributed by atoms with Gasteiger partial charge in [-0.05, 0) is 35.4 Å². The summed E-state index contributed by atoms with van der Waals surface area (Å²) in [6.45, 7) is 1.02. The molecule has 0 saturated heterocycles. The normalized spacial score (nSPS) is 12.9. The van der Waals surface area contributed by atoms with Crippen LogP contribution in [0.15, 0.2) is 48.7 Å². The van der Waals surface area contributed by atoms with Gasteiger partial charge in [-0.1, -0.05) is 29.8 Å². The smallest absolute Gasteiger partial charge is 0.179 e. The second kappa shape index (κ2) is 7.51. The number of pyridine rings is 1. The molecular formula is C22H19ClN4O3. The lowest BCUT2D eigenvalue weighted by molar-refractivity contribution is 0.171. The summed E-state index contributed by atoms with van der Waals surface area (Å²) in [5.74, 6) is 2.05. The van der Waals surface area contributed by atoms with Gasteiger partial charge < -0.3 is 19.9 Å². The van der Waals surface area contributed by atoms with Crippen LogP contribution in [0.1, 0.15) is 5.56 Å². The van der Waals surface area contributed by atoms with Crippen molar-refractivity contribution in [2.75, 3.05) is 18.5 Å². The van der Waals surface area contributed by atoms with E-state index >= 15 is 0 Å². The van der Waals surface area contributed by atoms with Crippen molar-refractivity contribution in [3.8, 4) is 22.6 Å². The third-order valence-corrected chi connectivity index (χ3v) is 5.44. The van der Waals surface area contributed by atoms with Crippen LogP contribution in [0.2, 0.25) is 5.02 Å². The van der Waals surface area contributed by atoms with Crippen LogP contribution in [-0.4, -0.2) is 33.1 Å². The Morgan fingerprint density at radius 3 is 2.80 bits per heavy atom. The van der Waals surface area contributed by atoms with Gasteiger partial charge in [-0.3, -0.25) is 9.67 Å². The largest absolute Gasteiger partial charge is 0.486 e. The lowest BCUT2D eigenvalue weighted by atomic mass is 10.0. The van der Waals surface area contributed by atoms with E-state index in [0.29, 0.717) is 35.3 Å². The molecule has 2 aromatic heterocycles. The van der Waals surface area contributed by atoms with Crippen molar-refractivity contribution in [1.29, 1.82) is 0 Å². The molecule has 7 nitrogen and oxygen atoms in total. The maximum absolute atomic E-state index is 9.36. The summed E-state index contributed by atoms with van der Waals surface area (Å²) < 4.78 is 13.0. The third kappa shape index (κ3) is 3.22. The number of nitrogens with zero attached hydrogens (tertiary/aromatic N) is 3. The average Bonchev–Trinajstić information content (AvgIpc) is 3.09. The number of nitrogens with one attached hydrogen (secondary N) is 1. The molecule has 0 fully saturated rings. The third-order valence-electron chi connectivity index (χ3n) is 5.03. The molecule has 2 N–H and O–H groups in total. The standard InChI is InChI=1S/C22H19ClN4O3/c1-27-17-9-13(12-28)11-24-21(17)22(26-27)25-16-4-2-3-15(20(16)23)14-5-6-18-19(10-14)30-8-7-29-18/h2-6,9-11,28H,7-8,12H2,1H3,(H,25,26). The Labute approximate surface area is 177 Å². The van der Waals surface area contributed by atoms with Gasteiger partial charge in [0.25, 0.3) is 0 Å². The molecule has 8 heteroatoms. The van der Waals surface area contributed by atoms with Crippen molar-refractivity contribution < 1.29 is 14.6 Å². The number of benzene rings is 2. The summed E-state index contributed by atoms with van der Waals surface area (Å²) in [5.41, 5.74) is 4.78. The number of hydrogen-bond donors (Lipinski definition) is 2.